The summed E-state index contributed by atoms with van der Waals surface area (Å²) in [5.41, 5.74) is 2.67. The number of hydrogen-bond acceptors (Lipinski definition) is 4. The average molecular weight is 366 g/mol. The first-order valence-electron chi connectivity index (χ1n) is 8.37. The van der Waals surface area contributed by atoms with Crippen LogP contribution in [0.1, 0.15) is 45.6 Å². The number of nitrogens with one attached hydrogen (secondary N) is 1. The minimum absolute atomic E-state index is 0.133. The smallest absolute Gasteiger partial charge is 0.423 e. The first-order valence-corrected chi connectivity index (χ1v) is 9.81. The van der Waals surface area contributed by atoms with Gasteiger partial charge in [0.05, 0.1) is 10.9 Å². The first-order chi connectivity index (χ1) is 11.6. The third-order valence-electron chi connectivity index (χ3n) is 3.71. The zero-order valence-electron chi connectivity index (χ0n) is 15.2. The van der Waals surface area contributed by atoms with Gasteiger partial charge in [-0.3, -0.25) is 0 Å². The van der Waals surface area contributed by atoms with Crippen molar-refractivity contribution in [3.05, 3.63) is 42.0 Å². The summed E-state index contributed by atoms with van der Waals surface area (Å²) in [4.78, 5) is 12.3. The molecule has 0 radical (unpaired) electrons. The second kappa shape index (κ2) is 7.58. The number of allylic oxidation sites excluding steroid dienone is 1. The Labute approximate surface area is 149 Å². The van der Waals surface area contributed by atoms with Crippen LogP contribution in [-0.2, 0) is 14.8 Å². The molecule has 25 heavy (non-hydrogen) atoms. The Balaban J connectivity index is 2.33. The quantitative estimate of drug-likeness (QED) is 0.653. The maximum atomic E-state index is 13.1. The van der Waals surface area contributed by atoms with Crippen molar-refractivity contribution in [2.24, 2.45) is 0 Å². The van der Waals surface area contributed by atoms with E-state index in [-0.39, 0.29) is 4.90 Å². The molecule has 138 valence electrons. The lowest BCUT2D eigenvalue weighted by atomic mass is 10.0. The zero-order chi connectivity index (χ0) is 18.7. The molecule has 1 aromatic carbocycles. The number of benzene rings is 1. The molecule has 1 aliphatic carbocycles. The standard InChI is InChI=1S/C18H26N2O4S/c1-14-10-12-16(13-11-14)25(22,23)20(15-8-6-5-7-9-15)19-17(21)24-18(2,3)4/h6,8,10-13,15H,5,7,9H2,1-4H3,(H,19,21). The van der Waals surface area contributed by atoms with Crippen LogP contribution in [0.25, 0.3) is 0 Å². The summed E-state index contributed by atoms with van der Waals surface area (Å²) in [6.45, 7) is 7.07. The molecule has 1 N–H and O–H groups in total. The fourth-order valence-electron chi connectivity index (χ4n) is 2.53. The Morgan fingerprint density at radius 1 is 1.24 bits per heavy atom. The number of sulfonamides is 1. The van der Waals surface area contributed by atoms with E-state index in [0.717, 1.165) is 22.8 Å². The normalized spacial score (nSPS) is 18.2. The number of aryl methyl sites for hydroxylation is 1. The van der Waals surface area contributed by atoms with Crippen molar-refractivity contribution in [1.82, 2.24) is 9.84 Å². The molecule has 1 aliphatic rings. The molecule has 0 spiro atoms. The summed E-state index contributed by atoms with van der Waals surface area (Å²) in [6.07, 6.45) is 5.35. The SMILES string of the molecule is Cc1ccc(S(=O)(=O)N(NC(=O)OC(C)(C)C)C2C=CCCC2)cc1. The van der Waals surface area contributed by atoms with Crippen LogP contribution in [-0.4, -0.2) is 30.6 Å². The largest absolute Gasteiger partial charge is 0.443 e. The first kappa shape index (κ1) is 19.5. The number of amides is 1. The summed E-state index contributed by atoms with van der Waals surface area (Å²) >= 11 is 0. The van der Waals surface area contributed by atoms with E-state index in [1.807, 2.05) is 19.1 Å². The van der Waals surface area contributed by atoms with Gasteiger partial charge in [0.1, 0.15) is 5.60 Å². The number of hydrazine groups is 1. The number of carbonyl (C=O) groups excluding carboxylic acids is 1. The maximum absolute atomic E-state index is 13.1. The van der Waals surface area contributed by atoms with Crippen LogP contribution in [0.4, 0.5) is 4.79 Å². The molecule has 0 bridgehead atoms. The summed E-state index contributed by atoms with van der Waals surface area (Å²) in [6, 6.07) is 6.11. The molecule has 7 heteroatoms. The Kier molecular flexibility index (Phi) is 5.90. The second-order valence-corrected chi connectivity index (χ2v) is 8.97. The Morgan fingerprint density at radius 2 is 1.88 bits per heavy atom. The van der Waals surface area contributed by atoms with Gasteiger partial charge in [0.25, 0.3) is 10.0 Å². The van der Waals surface area contributed by atoms with Crippen LogP contribution in [0.5, 0.6) is 0 Å². The molecule has 0 saturated heterocycles. The number of rotatable bonds is 4. The topological polar surface area (TPSA) is 75.7 Å². The molecule has 0 saturated carbocycles. The number of nitrogens with zero attached hydrogens (tertiary/aromatic N) is 1. The van der Waals surface area contributed by atoms with E-state index in [1.165, 1.54) is 0 Å². The van der Waals surface area contributed by atoms with Gasteiger partial charge in [0.2, 0.25) is 0 Å². The maximum Gasteiger partial charge on any atom is 0.423 e. The van der Waals surface area contributed by atoms with Gasteiger partial charge < -0.3 is 4.74 Å². The fraction of sp³-hybridized carbons (Fsp3) is 0.500. The fourth-order valence-corrected chi connectivity index (χ4v) is 3.96. The number of ether oxygens (including phenoxy) is 1. The third-order valence-corrected chi connectivity index (χ3v) is 5.46. The van der Waals surface area contributed by atoms with Crippen molar-refractivity contribution in [3.63, 3.8) is 0 Å². The predicted octanol–water partition coefficient (Wildman–Crippen LogP) is 3.53. The molecule has 1 amide bonds. The van der Waals surface area contributed by atoms with E-state index in [0.29, 0.717) is 6.42 Å². The van der Waals surface area contributed by atoms with Crippen molar-refractivity contribution in [2.75, 3.05) is 0 Å². The van der Waals surface area contributed by atoms with Crippen LogP contribution in [0.3, 0.4) is 0 Å². The third kappa shape index (κ3) is 5.31. The van der Waals surface area contributed by atoms with Crippen LogP contribution in [0, 0.1) is 6.92 Å². The van der Waals surface area contributed by atoms with Crippen molar-refractivity contribution >= 4 is 16.1 Å². The van der Waals surface area contributed by atoms with Gasteiger partial charge in [-0.2, -0.15) is 0 Å². The van der Waals surface area contributed by atoms with E-state index in [1.54, 1.807) is 45.0 Å². The van der Waals surface area contributed by atoms with Gasteiger partial charge in [0.15, 0.2) is 0 Å². The highest BCUT2D eigenvalue weighted by atomic mass is 32.2. The molecular weight excluding hydrogens is 340 g/mol. The van der Waals surface area contributed by atoms with Gasteiger partial charge in [-0.25, -0.2) is 18.6 Å². The van der Waals surface area contributed by atoms with Crippen LogP contribution in [0.2, 0.25) is 0 Å². The van der Waals surface area contributed by atoms with Gasteiger partial charge in [-0.1, -0.05) is 29.8 Å². The molecule has 0 heterocycles. The molecule has 0 aliphatic heterocycles. The van der Waals surface area contributed by atoms with Gasteiger partial charge in [0, 0.05) is 0 Å². The van der Waals surface area contributed by atoms with Gasteiger partial charge in [-0.15, -0.1) is 4.41 Å². The summed E-state index contributed by atoms with van der Waals surface area (Å²) in [5, 5.41) is 0. The van der Waals surface area contributed by atoms with Crippen molar-refractivity contribution in [1.29, 1.82) is 0 Å². The molecule has 6 nitrogen and oxygen atoms in total. The highest BCUT2D eigenvalue weighted by Crippen LogP contribution is 2.23. The molecule has 1 aromatic rings. The van der Waals surface area contributed by atoms with Crippen LogP contribution < -0.4 is 5.43 Å². The molecule has 1 unspecified atom stereocenters. The van der Waals surface area contributed by atoms with Crippen molar-refractivity contribution < 1.29 is 17.9 Å². The minimum atomic E-state index is -3.90. The molecule has 0 fully saturated rings. The predicted molar refractivity (Wildman–Crippen MR) is 96.4 cm³/mol. The summed E-state index contributed by atoms with van der Waals surface area (Å²) < 4.78 is 32.4. The van der Waals surface area contributed by atoms with E-state index in [9.17, 15) is 13.2 Å². The Hall–Kier alpha value is -1.86. The Bertz CT molecular complexity index is 733. The lowest BCUT2D eigenvalue weighted by Gasteiger charge is -2.31. The van der Waals surface area contributed by atoms with E-state index >= 15 is 0 Å². The lowest BCUT2D eigenvalue weighted by Crippen LogP contribution is -2.52. The summed E-state index contributed by atoms with van der Waals surface area (Å²) in [7, 11) is -3.90. The average Bonchev–Trinajstić information content (AvgIpc) is 2.52. The van der Waals surface area contributed by atoms with Crippen molar-refractivity contribution in [2.45, 2.75) is 63.5 Å². The molecule has 0 aromatic heterocycles. The van der Waals surface area contributed by atoms with E-state index in [4.69, 9.17) is 4.74 Å². The molecular formula is C18H26N2O4S. The highest BCUT2D eigenvalue weighted by molar-refractivity contribution is 7.89. The molecule has 1 atom stereocenters. The highest BCUT2D eigenvalue weighted by Gasteiger charge is 2.33. The monoisotopic (exact) mass is 366 g/mol. The van der Waals surface area contributed by atoms with Gasteiger partial charge >= 0.3 is 6.09 Å². The second-order valence-electron chi connectivity index (χ2n) is 7.15. The van der Waals surface area contributed by atoms with E-state index in [2.05, 4.69) is 5.43 Å². The van der Waals surface area contributed by atoms with Crippen LogP contribution >= 0.6 is 0 Å². The van der Waals surface area contributed by atoms with E-state index < -0.39 is 27.8 Å². The number of hydrogen-bond donors (Lipinski definition) is 1. The van der Waals surface area contributed by atoms with Crippen molar-refractivity contribution in [3.8, 4) is 0 Å². The minimum Gasteiger partial charge on any atom is -0.443 e. The zero-order valence-corrected chi connectivity index (χ0v) is 16.0. The van der Waals surface area contributed by atoms with Gasteiger partial charge in [-0.05, 0) is 59.1 Å². The number of carbonyl (C=O) groups is 1. The molecule has 2 rings (SSSR count). The Morgan fingerprint density at radius 3 is 2.40 bits per heavy atom. The summed E-state index contributed by atoms with van der Waals surface area (Å²) in [5.74, 6) is 0. The van der Waals surface area contributed by atoms with Crippen LogP contribution in [0.15, 0.2) is 41.3 Å². The lowest BCUT2D eigenvalue weighted by molar-refractivity contribution is 0.0403.